The Morgan fingerprint density at radius 2 is 1.81 bits per heavy atom. The van der Waals surface area contributed by atoms with Gasteiger partial charge in [-0.15, -0.1) is 0 Å². The Morgan fingerprint density at radius 1 is 1.00 bits per heavy atom. The van der Waals surface area contributed by atoms with Gasteiger partial charge in [0.15, 0.2) is 17.3 Å². The average Bonchev–Trinajstić information content (AvgIpc) is 3.18. The number of hydrogen-bond donors (Lipinski definition) is 1. The molecular formula is C21H21NO5. The molecule has 3 aromatic rings. The van der Waals surface area contributed by atoms with E-state index in [1.165, 1.54) is 0 Å². The first-order valence-electron chi connectivity index (χ1n) is 8.58. The largest absolute Gasteiger partial charge is 0.493 e. The summed E-state index contributed by atoms with van der Waals surface area (Å²) in [6.07, 6.45) is 0. The van der Waals surface area contributed by atoms with Gasteiger partial charge in [0.05, 0.1) is 13.7 Å². The Bertz CT molecular complexity index is 889. The van der Waals surface area contributed by atoms with Gasteiger partial charge in [-0.2, -0.15) is 0 Å². The summed E-state index contributed by atoms with van der Waals surface area (Å²) in [6, 6.07) is 17.9. The first-order valence-corrected chi connectivity index (χ1v) is 8.58. The SMILES string of the molecule is CCOc1ccc(NC(=O)c2ccc(COc3ccccc3)o2)cc1OC. The van der Waals surface area contributed by atoms with Crippen LogP contribution in [0.3, 0.4) is 0 Å². The van der Waals surface area contributed by atoms with Gasteiger partial charge in [-0.1, -0.05) is 18.2 Å². The molecule has 0 saturated heterocycles. The maximum atomic E-state index is 12.4. The molecule has 2 aromatic carbocycles. The summed E-state index contributed by atoms with van der Waals surface area (Å²) in [6.45, 7) is 2.67. The standard InChI is InChI=1S/C21H21NO5/c1-3-25-18-11-9-15(13-20(18)24-2)22-21(23)19-12-10-17(27-19)14-26-16-7-5-4-6-8-16/h4-13H,3,14H2,1-2H3,(H,22,23). The number of ether oxygens (including phenoxy) is 3. The van der Waals surface area contributed by atoms with Crippen molar-refractivity contribution in [2.45, 2.75) is 13.5 Å². The van der Waals surface area contributed by atoms with Crippen LogP contribution in [0, 0.1) is 0 Å². The summed E-state index contributed by atoms with van der Waals surface area (Å²) in [4.78, 5) is 12.4. The van der Waals surface area contributed by atoms with Gasteiger partial charge in [0, 0.05) is 11.8 Å². The summed E-state index contributed by atoms with van der Waals surface area (Å²) in [7, 11) is 1.55. The molecule has 27 heavy (non-hydrogen) atoms. The summed E-state index contributed by atoms with van der Waals surface area (Å²) >= 11 is 0. The van der Waals surface area contributed by atoms with Gasteiger partial charge in [0.2, 0.25) is 0 Å². The van der Waals surface area contributed by atoms with E-state index >= 15 is 0 Å². The Labute approximate surface area is 157 Å². The number of carbonyl (C=O) groups excluding carboxylic acids is 1. The van der Waals surface area contributed by atoms with Crippen molar-refractivity contribution in [3.63, 3.8) is 0 Å². The highest BCUT2D eigenvalue weighted by atomic mass is 16.5. The van der Waals surface area contributed by atoms with E-state index in [-0.39, 0.29) is 18.3 Å². The monoisotopic (exact) mass is 367 g/mol. The summed E-state index contributed by atoms with van der Waals surface area (Å²) in [5.41, 5.74) is 0.582. The highest BCUT2D eigenvalue weighted by molar-refractivity contribution is 6.02. The van der Waals surface area contributed by atoms with E-state index < -0.39 is 0 Å². The second kappa shape index (κ2) is 8.80. The zero-order valence-corrected chi connectivity index (χ0v) is 15.2. The lowest BCUT2D eigenvalue weighted by atomic mass is 10.2. The van der Waals surface area contributed by atoms with Crippen molar-refractivity contribution in [2.24, 2.45) is 0 Å². The van der Waals surface area contributed by atoms with E-state index in [1.807, 2.05) is 37.3 Å². The van der Waals surface area contributed by atoms with Crippen LogP contribution in [0.1, 0.15) is 23.2 Å². The van der Waals surface area contributed by atoms with Crippen LogP contribution in [-0.4, -0.2) is 19.6 Å². The molecule has 6 nitrogen and oxygen atoms in total. The summed E-state index contributed by atoms with van der Waals surface area (Å²) in [5, 5.41) is 2.78. The molecule has 0 bridgehead atoms. The predicted molar refractivity (Wildman–Crippen MR) is 102 cm³/mol. The number of hydrogen-bond acceptors (Lipinski definition) is 5. The molecule has 0 aliphatic rings. The second-order valence-electron chi connectivity index (χ2n) is 5.62. The van der Waals surface area contributed by atoms with Gasteiger partial charge < -0.3 is 23.9 Å². The van der Waals surface area contributed by atoms with E-state index in [4.69, 9.17) is 18.6 Å². The Balaban J connectivity index is 1.62. The molecule has 0 unspecified atom stereocenters. The highest BCUT2D eigenvalue weighted by Crippen LogP contribution is 2.30. The molecule has 1 aromatic heterocycles. The molecule has 1 heterocycles. The lowest BCUT2D eigenvalue weighted by molar-refractivity contribution is 0.0992. The first-order chi connectivity index (χ1) is 13.2. The van der Waals surface area contributed by atoms with Crippen LogP contribution < -0.4 is 19.5 Å². The average molecular weight is 367 g/mol. The first kappa shape index (κ1) is 18.4. The normalized spacial score (nSPS) is 10.3. The topological polar surface area (TPSA) is 69.9 Å². The van der Waals surface area contributed by atoms with Crippen molar-refractivity contribution >= 4 is 11.6 Å². The Kier molecular flexibility index (Phi) is 5.99. The Hall–Kier alpha value is -3.41. The van der Waals surface area contributed by atoms with Crippen molar-refractivity contribution in [1.29, 1.82) is 0 Å². The third kappa shape index (κ3) is 4.82. The number of furan rings is 1. The number of benzene rings is 2. The molecule has 1 N–H and O–H groups in total. The number of amides is 1. The van der Waals surface area contributed by atoms with E-state index in [1.54, 1.807) is 37.4 Å². The van der Waals surface area contributed by atoms with Crippen LogP contribution in [0.5, 0.6) is 17.2 Å². The van der Waals surface area contributed by atoms with Crippen molar-refractivity contribution in [3.05, 3.63) is 72.2 Å². The Morgan fingerprint density at radius 3 is 2.56 bits per heavy atom. The maximum absolute atomic E-state index is 12.4. The van der Waals surface area contributed by atoms with Crippen molar-refractivity contribution in [2.75, 3.05) is 19.0 Å². The fraction of sp³-hybridized carbons (Fsp3) is 0.190. The van der Waals surface area contributed by atoms with Gasteiger partial charge in [0.1, 0.15) is 18.1 Å². The van der Waals surface area contributed by atoms with Crippen LogP contribution >= 0.6 is 0 Å². The van der Waals surface area contributed by atoms with E-state index in [0.717, 1.165) is 5.75 Å². The molecule has 0 aliphatic heterocycles. The van der Waals surface area contributed by atoms with Crippen molar-refractivity contribution in [3.8, 4) is 17.2 Å². The van der Waals surface area contributed by atoms with Gasteiger partial charge in [-0.25, -0.2) is 0 Å². The lowest BCUT2D eigenvalue weighted by Gasteiger charge is -2.11. The summed E-state index contributed by atoms with van der Waals surface area (Å²) in [5.74, 6) is 2.32. The number of para-hydroxylation sites is 1. The van der Waals surface area contributed by atoms with Crippen LogP contribution in [0.2, 0.25) is 0 Å². The fourth-order valence-corrected chi connectivity index (χ4v) is 2.46. The summed E-state index contributed by atoms with van der Waals surface area (Å²) < 4.78 is 21.9. The van der Waals surface area contributed by atoms with Crippen molar-refractivity contribution < 1.29 is 23.4 Å². The number of carbonyl (C=O) groups is 1. The molecular weight excluding hydrogens is 346 g/mol. The zero-order chi connectivity index (χ0) is 19.1. The minimum Gasteiger partial charge on any atom is -0.493 e. The van der Waals surface area contributed by atoms with E-state index in [0.29, 0.717) is 29.6 Å². The van der Waals surface area contributed by atoms with Gasteiger partial charge >= 0.3 is 0 Å². The third-order valence-corrected chi connectivity index (χ3v) is 3.73. The molecule has 0 spiro atoms. The molecule has 0 saturated carbocycles. The molecule has 0 radical (unpaired) electrons. The number of rotatable bonds is 8. The quantitative estimate of drug-likeness (QED) is 0.634. The minimum absolute atomic E-state index is 0.203. The van der Waals surface area contributed by atoms with Crippen LogP contribution in [0.4, 0.5) is 5.69 Å². The van der Waals surface area contributed by atoms with E-state index in [9.17, 15) is 4.79 Å². The molecule has 0 fully saturated rings. The molecule has 0 aliphatic carbocycles. The van der Waals surface area contributed by atoms with Crippen LogP contribution in [0.25, 0.3) is 0 Å². The smallest absolute Gasteiger partial charge is 0.291 e. The van der Waals surface area contributed by atoms with Gasteiger partial charge in [-0.3, -0.25) is 4.79 Å². The predicted octanol–water partition coefficient (Wildman–Crippen LogP) is 4.52. The molecule has 6 heteroatoms. The third-order valence-electron chi connectivity index (χ3n) is 3.73. The second-order valence-corrected chi connectivity index (χ2v) is 5.62. The van der Waals surface area contributed by atoms with Gasteiger partial charge in [-0.05, 0) is 43.3 Å². The highest BCUT2D eigenvalue weighted by Gasteiger charge is 2.13. The molecule has 1 amide bonds. The maximum Gasteiger partial charge on any atom is 0.291 e. The van der Waals surface area contributed by atoms with Crippen LogP contribution in [-0.2, 0) is 6.61 Å². The fourth-order valence-electron chi connectivity index (χ4n) is 2.46. The number of anilines is 1. The molecule has 0 atom stereocenters. The lowest BCUT2D eigenvalue weighted by Crippen LogP contribution is -2.11. The van der Waals surface area contributed by atoms with Crippen LogP contribution in [0.15, 0.2) is 65.1 Å². The number of methoxy groups -OCH3 is 1. The minimum atomic E-state index is -0.354. The van der Waals surface area contributed by atoms with Crippen molar-refractivity contribution in [1.82, 2.24) is 0 Å². The number of nitrogens with one attached hydrogen (secondary N) is 1. The molecule has 3 rings (SSSR count). The molecule has 140 valence electrons. The van der Waals surface area contributed by atoms with E-state index in [2.05, 4.69) is 5.32 Å². The van der Waals surface area contributed by atoms with Gasteiger partial charge in [0.25, 0.3) is 5.91 Å². The zero-order valence-electron chi connectivity index (χ0n) is 15.2.